The fraction of sp³-hybridized carbons (Fsp3) is 0.800. The van der Waals surface area contributed by atoms with Crippen LogP contribution in [0.1, 0.15) is 33.1 Å². The monoisotopic (exact) mass is 342 g/mol. The van der Waals surface area contributed by atoms with Crippen LogP contribution in [0, 0.1) is 5.92 Å². The zero-order valence-electron chi connectivity index (χ0n) is 9.66. The van der Waals surface area contributed by atoms with Gasteiger partial charge < -0.3 is 14.1 Å². The highest BCUT2D eigenvalue weighted by molar-refractivity contribution is 14.1. The van der Waals surface area contributed by atoms with Gasteiger partial charge >= 0.3 is 5.97 Å². The number of halogens is 1. The van der Waals surface area contributed by atoms with Crippen molar-refractivity contribution in [1.82, 2.24) is 5.32 Å². The van der Waals surface area contributed by atoms with Crippen LogP contribution in [0.5, 0.6) is 0 Å². The van der Waals surface area contributed by atoms with Gasteiger partial charge in [0, 0.05) is 12.5 Å². The quantitative estimate of drug-likeness (QED) is 0.537. The maximum Gasteiger partial charge on any atom is 0.332 e. The standard InChI is InChI=1S/C10H19IN2O3/c1-7(2)9(14)13-6-4-3-5-8(12)10(15)16-11/h7-8H,3-6,12H2,1-2H3,(H,13,14). The van der Waals surface area contributed by atoms with E-state index in [-0.39, 0.29) is 11.8 Å². The van der Waals surface area contributed by atoms with Crippen LogP contribution in [0.3, 0.4) is 0 Å². The van der Waals surface area contributed by atoms with Gasteiger partial charge in [0.05, 0.1) is 0 Å². The average molecular weight is 342 g/mol. The molecule has 0 radical (unpaired) electrons. The van der Waals surface area contributed by atoms with Gasteiger partial charge in [-0.05, 0) is 19.3 Å². The highest BCUT2D eigenvalue weighted by Gasteiger charge is 2.13. The first-order valence-electron chi connectivity index (χ1n) is 5.34. The molecule has 3 N–H and O–H groups in total. The fourth-order valence-electron chi connectivity index (χ4n) is 1.08. The normalized spacial score (nSPS) is 12.3. The summed E-state index contributed by atoms with van der Waals surface area (Å²) >= 11 is 1.53. The number of carbonyl (C=O) groups excluding carboxylic acids is 2. The van der Waals surface area contributed by atoms with Gasteiger partial charge in [0.15, 0.2) is 23.0 Å². The van der Waals surface area contributed by atoms with E-state index in [2.05, 4.69) is 8.38 Å². The van der Waals surface area contributed by atoms with E-state index in [0.717, 1.165) is 12.8 Å². The van der Waals surface area contributed by atoms with Crippen molar-refractivity contribution in [1.29, 1.82) is 0 Å². The molecule has 1 amide bonds. The van der Waals surface area contributed by atoms with Gasteiger partial charge in [-0.3, -0.25) is 4.79 Å². The van der Waals surface area contributed by atoms with Gasteiger partial charge in [0.25, 0.3) is 0 Å². The summed E-state index contributed by atoms with van der Waals surface area (Å²) in [6.07, 6.45) is 2.20. The zero-order valence-corrected chi connectivity index (χ0v) is 11.8. The van der Waals surface area contributed by atoms with E-state index >= 15 is 0 Å². The molecule has 0 heterocycles. The lowest BCUT2D eigenvalue weighted by atomic mass is 10.1. The Morgan fingerprint density at radius 2 is 2.00 bits per heavy atom. The van der Waals surface area contributed by atoms with Gasteiger partial charge in [-0.25, -0.2) is 4.79 Å². The maximum absolute atomic E-state index is 11.2. The summed E-state index contributed by atoms with van der Waals surface area (Å²) < 4.78 is 4.48. The molecule has 16 heavy (non-hydrogen) atoms. The maximum atomic E-state index is 11.2. The summed E-state index contributed by atoms with van der Waals surface area (Å²) in [5, 5.41) is 2.80. The minimum absolute atomic E-state index is 0.0104. The number of hydrogen-bond acceptors (Lipinski definition) is 4. The Morgan fingerprint density at radius 1 is 1.38 bits per heavy atom. The first-order chi connectivity index (χ1) is 7.49. The van der Waals surface area contributed by atoms with Crippen molar-refractivity contribution in [3.8, 4) is 0 Å². The molecule has 0 fully saturated rings. The Balaban J connectivity index is 3.47. The molecule has 0 aromatic heterocycles. The Hall–Kier alpha value is -0.370. The van der Waals surface area contributed by atoms with Gasteiger partial charge in [0.2, 0.25) is 5.91 Å². The van der Waals surface area contributed by atoms with Gasteiger partial charge in [-0.2, -0.15) is 0 Å². The molecular formula is C10H19IN2O3. The summed E-state index contributed by atoms with van der Waals surface area (Å²) in [6, 6.07) is -0.558. The molecule has 6 heteroatoms. The van der Waals surface area contributed by atoms with E-state index < -0.39 is 12.0 Å². The molecule has 0 saturated carbocycles. The summed E-state index contributed by atoms with van der Waals surface area (Å²) in [4.78, 5) is 22.1. The van der Waals surface area contributed by atoms with Crippen LogP contribution in [0.2, 0.25) is 0 Å². The van der Waals surface area contributed by atoms with Crippen molar-refractivity contribution in [2.45, 2.75) is 39.2 Å². The predicted octanol–water partition coefficient (Wildman–Crippen LogP) is 1.15. The molecule has 0 aromatic rings. The number of unbranched alkanes of at least 4 members (excludes halogenated alkanes) is 1. The third-order valence-electron chi connectivity index (χ3n) is 2.14. The van der Waals surface area contributed by atoms with Crippen LogP contribution < -0.4 is 11.1 Å². The van der Waals surface area contributed by atoms with Crippen molar-refractivity contribution in [3.05, 3.63) is 0 Å². The van der Waals surface area contributed by atoms with E-state index in [1.165, 1.54) is 23.0 Å². The summed E-state index contributed by atoms with van der Waals surface area (Å²) in [6.45, 7) is 4.33. The van der Waals surface area contributed by atoms with E-state index in [0.29, 0.717) is 13.0 Å². The smallest absolute Gasteiger partial charge is 0.332 e. The van der Waals surface area contributed by atoms with Crippen LogP contribution >= 0.6 is 23.0 Å². The lowest BCUT2D eigenvalue weighted by Crippen LogP contribution is -2.31. The SMILES string of the molecule is CC(C)C(=O)NCCCCC(N)C(=O)OI. The molecule has 5 nitrogen and oxygen atoms in total. The van der Waals surface area contributed by atoms with E-state index in [1.54, 1.807) is 0 Å². The lowest BCUT2D eigenvalue weighted by molar-refractivity contribution is -0.133. The van der Waals surface area contributed by atoms with Gasteiger partial charge in [0.1, 0.15) is 6.04 Å². The second kappa shape index (κ2) is 8.74. The van der Waals surface area contributed by atoms with E-state index in [1.807, 2.05) is 13.8 Å². The van der Waals surface area contributed by atoms with Crippen LogP contribution in [-0.2, 0) is 12.7 Å². The molecule has 0 spiro atoms. The summed E-state index contributed by atoms with van der Waals surface area (Å²) in [7, 11) is 0. The number of nitrogens with one attached hydrogen (secondary N) is 1. The molecule has 1 atom stereocenters. The number of amides is 1. The third kappa shape index (κ3) is 7.00. The molecule has 0 bridgehead atoms. The van der Waals surface area contributed by atoms with Crippen LogP contribution in [0.15, 0.2) is 0 Å². The number of rotatable bonds is 7. The largest absolute Gasteiger partial charge is 0.393 e. The van der Waals surface area contributed by atoms with Gasteiger partial charge in [-0.15, -0.1) is 0 Å². The minimum atomic E-state index is -0.558. The van der Waals surface area contributed by atoms with Crippen LogP contribution in [0.25, 0.3) is 0 Å². The molecule has 0 aliphatic carbocycles. The van der Waals surface area contributed by atoms with Crippen molar-refractivity contribution >= 4 is 34.9 Å². The topological polar surface area (TPSA) is 81.4 Å². The minimum Gasteiger partial charge on any atom is -0.393 e. The molecule has 0 saturated heterocycles. The first kappa shape index (κ1) is 15.6. The molecule has 1 unspecified atom stereocenters. The van der Waals surface area contributed by atoms with E-state index in [4.69, 9.17) is 5.73 Å². The second-order valence-corrected chi connectivity index (χ2v) is 4.38. The molecule has 0 aromatic carbocycles. The van der Waals surface area contributed by atoms with Crippen LogP contribution in [0.4, 0.5) is 0 Å². The second-order valence-electron chi connectivity index (χ2n) is 3.94. The highest BCUT2D eigenvalue weighted by Crippen LogP contribution is 2.02. The highest BCUT2D eigenvalue weighted by atomic mass is 127. The average Bonchev–Trinajstić information content (AvgIpc) is 2.26. The first-order valence-corrected chi connectivity index (χ1v) is 6.22. The lowest BCUT2D eigenvalue weighted by Gasteiger charge is -2.09. The van der Waals surface area contributed by atoms with E-state index in [9.17, 15) is 9.59 Å². The molecular weight excluding hydrogens is 323 g/mol. The molecule has 94 valence electrons. The van der Waals surface area contributed by atoms with Crippen LogP contribution in [-0.4, -0.2) is 24.5 Å². The molecule has 0 rings (SSSR count). The summed E-state index contributed by atoms with van der Waals surface area (Å²) in [5.74, 6) is -0.334. The Labute approximate surface area is 110 Å². The fourth-order valence-corrected chi connectivity index (χ4v) is 1.41. The number of carbonyl (C=O) groups is 2. The zero-order chi connectivity index (χ0) is 12.6. The van der Waals surface area contributed by atoms with Crippen molar-refractivity contribution in [2.24, 2.45) is 11.7 Å². The molecule has 0 aliphatic heterocycles. The van der Waals surface area contributed by atoms with Crippen molar-refractivity contribution in [2.75, 3.05) is 6.54 Å². The Bertz CT molecular complexity index is 234. The van der Waals surface area contributed by atoms with Crippen molar-refractivity contribution in [3.63, 3.8) is 0 Å². The number of nitrogens with two attached hydrogens (primary N) is 1. The van der Waals surface area contributed by atoms with Crippen molar-refractivity contribution < 1.29 is 12.7 Å². The third-order valence-corrected chi connectivity index (χ3v) is 2.58. The molecule has 0 aliphatic rings. The number of hydrogen-bond donors (Lipinski definition) is 2. The van der Waals surface area contributed by atoms with Gasteiger partial charge in [-0.1, -0.05) is 13.8 Å². The predicted molar refractivity (Wildman–Crippen MR) is 69.8 cm³/mol. The summed E-state index contributed by atoms with van der Waals surface area (Å²) in [5.41, 5.74) is 5.55. The Morgan fingerprint density at radius 3 is 2.50 bits per heavy atom. The Kier molecular flexibility index (Phi) is 8.54.